The molecule has 158 valence electrons. The predicted molar refractivity (Wildman–Crippen MR) is 119 cm³/mol. The molecule has 1 aromatic heterocycles. The number of nitrogens with one attached hydrogen (secondary N) is 1. The molecule has 2 heterocycles. The highest BCUT2D eigenvalue weighted by molar-refractivity contribution is 9.10. The first kappa shape index (κ1) is 21.1. The van der Waals surface area contributed by atoms with Gasteiger partial charge in [-0.3, -0.25) is 5.10 Å². The first-order valence-electron chi connectivity index (χ1n) is 9.30. The van der Waals surface area contributed by atoms with Crippen molar-refractivity contribution in [2.24, 2.45) is 5.73 Å². The van der Waals surface area contributed by atoms with E-state index in [1.54, 1.807) is 7.11 Å². The summed E-state index contributed by atoms with van der Waals surface area (Å²) in [4.78, 5) is 0. The minimum Gasteiger partial charge on any atom is -0.493 e. The second-order valence-corrected chi connectivity index (χ2v) is 8.17. The lowest BCUT2D eigenvalue weighted by Gasteiger charge is -2.25. The zero-order valence-corrected chi connectivity index (χ0v) is 19.0. The molecule has 9 heteroatoms. The molecule has 1 aliphatic heterocycles. The van der Waals surface area contributed by atoms with Crippen molar-refractivity contribution in [1.82, 2.24) is 10.2 Å². The number of benzene rings is 2. The lowest BCUT2D eigenvalue weighted by atomic mass is 9.84. The molecule has 0 radical (unpaired) electrons. The van der Waals surface area contributed by atoms with Crippen molar-refractivity contribution in [2.45, 2.75) is 19.4 Å². The van der Waals surface area contributed by atoms with E-state index < -0.39 is 5.92 Å². The number of nitrogens with zero attached hydrogens (tertiary/aromatic N) is 2. The lowest BCUT2D eigenvalue weighted by molar-refractivity contribution is 0.282. The average molecular weight is 502 g/mol. The summed E-state index contributed by atoms with van der Waals surface area (Å²) >= 11 is 9.82. The number of ether oxygens (including phenoxy) is 3. The summed E-state index contributed by atoms with van der Waals surface area (Å²) in [5.74, 6) is 0.948. The topological polar surface area (TPSA) is 106 Å². The Morgan fingerprint density at radius 1 is 1.35 bits per heavy atom. The number of hydrogen-bond acceptors (Lipinski definition) is 6. The minimum atomic E-state index is -0.463. The second-order valence-electron chi connectivity index (χ2n) is 6.91. The molecule has 3 N–H and O–H groups in total. The third-order valence-corrected chi connectivity index (χ3v) is 6.00. The highest BCUT2D eigenvalue weighted by atomic mass is 79.9. The molecule has 0 bridgehead atoms. The maximum absolute atomic E-state index is 9.76. The third kappa shape index (κ3) is 3.82. The second kappa shape index (κ2) is 8.53. The van der Waals surface area contributed by atoms with Crippen LogP contribution in [-0.4, -0.2) is 17.3 Å². The molecule has 0 aliphatic carbocycles. The number of fused-ring (bicyclic) bond motifs is 1. The number of methoxy groups -OCH3 is 1. The Morgan fingerprint density at radius 2 is 2.13 bits per heavy atom. The largest absolute Gasteiger partial charge is 0.493 e. The van der Waals surface area contributed by atoms with E-state index in [1.807, 2.05) is 43.3 Å². The maximum Gasteiger partial charge on any atom is 0.244 e. The molecule has 0 saturated heterocycles. The standard InChI is InChI=1S/C22H18BrClN4O3/c1-11-18-19(14(9-25)21(26)31-22(18)28-27-11)13-7-15(23)20(17(8-13)29-2)30-10-12-5-3-4-6-16(12)24/h3-8,19H,10,26H2,1-2H3,(H,27,28)/t19-/m0/s1. The van der Waals surface area contributed by atoms with Gasteiger partial charge < -0.3 is 19.9 Å². The molecule has 0 amide bonds. The van der Waals surface area contributed by atoms with Crippen LogP contribution < -0.4 is 19.9 Å². The number of aryl methyl sites for hydroxylation is 1. The Hall–Kier alpha value is -3.15. The van der Waals surface area contributed by atoms with Crippen molar-refractivity contribution in [3.05, 3.63) is 79.7 Å². The number of H-pyrrole nitrogens is 1. The van der Waals surface area contributed by atoms with Crippen molar-refractivity contribution in [2.75, 3.05) is 7.11 Å². The van der Waals surface area contributed by atoms with E-state index in [0.717, 1.165) is 22.4 Å². The molecule has 0 spiro atoms. The van der Waals surface area contributed by atoms with Crippen LogP contribution in [-0.2, 0) is 6.61 Å². The summed E-state index contributed by atoms with van der Waals surface area (Å²) in [6, 6.07) is 13.3. The van der Waals surface area contributed by atoms with Crippen LogP contribution in [0.15, 0.2) is 52.3 Å². The van der Waals surface area contributed by atoms with Crippen molar-refractivity contribution in [3.8, 4) is 23.4 Å². The zero-order chi connectivity index (χ0) is 22.1. The SMILES string of the molecule is COc1cc([C@H]2C(C#N)=C(N)Oc3n[nH]c(C)c32)cc(Br)c1OCc1ccccc1Cl. The van der Waals surface area contributed by atoms with Gasteiger partial charge in [0.05, 0.1) is 17.5 Å². The molecule has 3 aromatic rings. The molecule has 7 nitrogen and oxygen atoms in total. The van der Waals surface area contributed by atoms with Crippen LogP contribution in [0.3, 0.4) is 0 Å². The quantitative estimate of drug-likeness (QED) is 0.513. The van der Waals surface area contributed by atoms with Crippen LogP contribution in [0, 0.1) is 18.3 Å². The highest BCUT2D eigenvalue weighted by Crippen LogP contribution is 2.46. The number of nitriles is 1. The molecular formula is C22H18BrClN4O3. The van der Waals surface area contributed by atoms with Gasteiger partial charge in [-0.05, 0) is 46.6 Å². The van der Waals surface area contributed by atoms with E-state index in [2.05, 4.69) is 32.2 Å². The summed E-state index contributed by atoms with van der Waals surface area (Å²) in [6.45, 7) is 2.14. The number of aromatic nitrogens is 2. The van der Waals surface area contributed by atoms with Crippen molar-refractivity contribution in [1.29, 1.82) is 5.26 Å². The van der Waals surface area contributed by atoms with Gasteiger partial charge in [0.25, 0.3) is 0 Å². The smallest absolute Gasteiger partial charge is 0.244 e. The number of hydrogen-bond donors (Lipinski definition) is 2. The van der Waals surface area contributed by atoms with Gasteiger partial charge in [0, 0.05) is 21.8 Å². The fraction of sp³-hybridized carbons (Fsp3) is 0.182. The summed E-state index contributed by atoms with van der Waals surface area (Å²) in [7, 11) is 1.56. The number of aromatic amines is 1. The van der Waals surface area contributed by atoms with Crippen LogP contribution >= 0.6 is 27.5 Å². The fourth-order valence-electron chi connectivity index (χ4n) is 3.54. The van der Waals surface area contributed by atoms with Gasteiger partial charge in [0.15, 0.2) is 11.5 Å². The Balaban J connectivity index is 1.75. The van der Waals surface area contributed by atoms with E-state index in [-0.39, 0.29) is 12.5 Å². The lowest BCUT2D eigenvalue weighted by Crippen LogP contribution is -2.21. The van der Waals surface area contributed by atoms with Gasteiger partial charge in [0.2, 0.25) is 11.8 Å². The van der Waals surface area contributed by atoms with E-state index >= 15 is 0 Å². The van der Waals surface area contributed by atoms with E-state index in [4.69, 9.17) is 31.5 Å². The average Bonchev–Trinajstić information content (AvgIpc) is 3.12. The Morgan fingerprint density at radius 3 is 2.84 bits per heavy atom. The normalized spacial score (nSPS) is 15.1. The van der Waals surface area contributed by atoms with Crippen LogP contribution in [0.2, 0.25) is 5.02 Å². The predicted octanol–water partition coefficient (Wildman–Crippen LogP) is 4.94. The van der Waals surface area contributed by atoms with Crippen LogP contribution in [0.4, 0.5) is 0 Å². The van der Waals surface area contributed by atoms with Crippen LogP contribution in [0.1, 0.15) is 28.3 Å². The molecule has 1 aliphatic rings. The van der Waals surface area contributed by atoms with Crippen LogP contribution in [0.25, 0.3) is 0 Å². The Bertz CT molecular complexity index is 1230. The molecule has 4 rings (SSSR count). The Kier molecular flexibility index (Phi) is 5.81. The van der Waals surface area contributed by atoms with Gasteiger partial charge in [0.1, 0.15) is 18.2 Å². The van der Waals surface area contributed by atoms with E-state index in [1.165, 1.54) is 0 Å². The van der Waals surface area contributed by atoms with Crippen molar-refractivity contribution < 1.29 is 14.2 Å². The van der Waals surface area contributed by atoms with Gasteiger partial charge in [-0.15, -0.1) is 5.10 Å². The van der Waals surface area contributed by atoms with Crippen molar-refractivity contribution >= 4 is 27.5 Å². The monoisotopic (exact) mass is 500 g/mol. The summed E-state index contributed by atoms with van der Waals surface area (Å²) < 4.78 is 17.8. The Labute approximate surface area is 192 Å². The summed E-state index contributed by atoms with van der Waals surface area (Å²) in [5.41, 5.74) is 9.48. The number of nitrogens with two attached hydrogens (primary N) is 1. The number of halogens is 2. The minimum absolute atomic E-state index is 0.0284. The third-order valence-electron chi connectivity index (χ3n) is 5.04. The molecule has 0 unspecified atom stereocenters. The summed E-state index contributed by atoms with van der Waals surface area (Å²) in [6.07, 6.45) is 0. The molecule has 31 heavy (non-hydrogen) atoms. The van der Waals surface area contributed by atoms with Crippen LogP contribution in [0.5, 0.6) is 17.4 Å². The molecule has 2 aromatic carbocycles. The highest BCUT2D eigenvalue weighted by Gasteiger charge is 2.35. The number of rotatable bonds is 5. The van der Waals surface area contributed by atoms with E-state index in [0.29, 0.717) is 32.4 Å². The van der Waals surface area contributed by atoms with Gasteiger partial charge in [-0.25, -0.2) is 0 Å². The number of allylic oxidation sites excluding steroid dienone is 1. The summed E-state index contributed by atoms with van der Waals surface area (Å²) in [5, 5.41) is 17.4. The first-order valence-corrected chi connectivity index (χ1v) is 10.5. The molecule has 1 atom stereocenters. The zero-order valence-electron chi connectivity index (χ0n) is 16.7. The molecule has 0 saturated carbocycles. The fourth-order valence-corrected chi connectivity index (χ4v) is 4.31. The van der Waals surface area contributed by atoms with Gasteiger partial charge in [-0.1, -0.05) is 29.8 Å². The molecule has 0 fully saturated rings. The molecular weight excluding hydrogens is 484 g/mol. The van der Waals surface area contributed by atoms with E-state index in [9.17, 15) is 5.26 Å². The van der Waals surface area contributed by atoms with Gasteiger partial charge >= 0.3 is 0 Å². The first-order chi connectivity index (χ1) is 14.9. The van der Waals surface area contributed by atoms with Gasteiger partial charge in [-0.2, -0.15) is 5.26 Å². The van der Waals surface area contributed by atoms with Crippen molar-refractivity contribution in [3.63, 3.8) is 0 Å². The maximum atomic E-state index is 9.76.